The van der Waals surface area contributed by atoms with Gasteiger partial charge in [0, 0.05) is 43.5 Å². The molecule has 3 nitrogen and oxygen atoms in total. The molecule has 0 unspecified atom stereocenters. The minimum Gasteiger partial charge on any atom is -0.312 e. The summed E-state index contributed by atoms with van der Waals surface area (Å²) in [6, 6.07) is 9.29. The summed E-state index contributed by atoms with van der Waals surface area (Å²) in [5.41, 5.74) is 1.36. The first-order chi connectivity index (χ1) is 9.90. The zero-order valence-electron chi connectivity index (χ0n) is 11.8. The summed E-state index contributed by atoms with van der Waals surface area (Å²) in [5.74, 6) is 0.853. The Bertz CT molecular complexity index is 591. The Hall–Kier alpha value is -1.45. The number of piperidine rings is 1. The molecule has 1 N–H and O–H groups in total. The molecule has 0 amide bonds. The van der Waals surface area contributed by atoms with Crippen LogP contribution < -0.4 is 5.32 Å². The lowest BCUT2D eigenvalue weighted by Gasteiger charge is -2.24. The molecule has 2 fully saturated rings. The standard InChI is InChI=1S/C17H21N3/c1-2-6-16-13(4-1)8-18-9-15(16)11-20-10-14-5-3-7-19-17(14)12-20/h1-2,4,6,8-9,14,17,19H,3,5,7,10-12H2/t14-,17+/m0/s1. The van der Waals surface area contributed by atoms with Crippen LogP contribution in [0.3, 0.4) is 0 Å². The number of nitrogens with zero attached hydrogens (tertiary/aromatic N) is 2. The fraction of sp³-hybridized carbons (Fsp3) is 0.471. The summed E-state index contributed by atoms with van der Waals surface area (Å²) in [6.45, 7) is 4.66. The highest BCUT2D eigenvalue weighted by atomic mass is 15.2. The van der Waals surface area contributed by atoms with Gasteiger partial charge in [0.25, 0.3) is 0 Å². The highest BCUT2D eigenvalue weighted by Crippen LogP contribution is 2.27. The Morgan fingerprint density at radius 2 is 2.15 bits per heavy atom. The average molecular weight is 267 g/mol. The van der Waals surface area contributed by atoms with E-state index in [0.29, 0.717) is 6.04 Å². The Morgan fingerprint density at radius 1 is 1.20 bits per heavy atom. The number of hydrogen-bond donors (Lipinski definition) is 1. The molecule has 1 aromatic carbocycles. The van der Waals surface area contributed by atoms with Crippen molar-refractivity contribution in [3.63, 3.8) is 0 Å². The molecule has 0 bridgehead atoms. The van der Waals surface area contributed by atoms with Crippen LogP contribution in [-0.4, -0.2) is 35.6 Å². The lowest BCUT2D eigenvalue weighted by atomic mass is 9.94. The van der Waals surface area contributed by atoms with Crippen molar-refractivity contribution in [2.75, 3.05) is 19.6 Å². The summed E-state index contributed by atoms with van der Waals surface area (Å²) >= 11 is 0. The van der Waals surface area contributed by atoms with Gasteiger partial charge in [-0.3, -0.25) is 9.88 Å². The molecule has 2 atom stereocenters. The smallest absolute Gasteiger partial charge is 0.0346 e. The molecule has 2 aromatic rings. The second kappa shape index (κ2) is 5.15. The number of rotatable bonds is 2. The van der Waals surface area contributed by atoms with Crippen LogP contribution in [0.4, 0.5) is 0 Å². The lowest BCUT2D eigenvalue weighted by molar-refractivity contribution is 0.313. The maximum atomic E-state index is 4.40. The van der Waals surface area contributed by atoms with Crippen LogP contribution in [0.15, 0.2) is 36.7 Å². The molecule has 0 saturated carbocycles. The minimum atomic E-state index is 0.715. The van der Waals surface area contributed by atoms with Crippen molar-refractivity contribution in [2.45, 2.75) is 25.4 Å². The van der Waals surface area contributed by atoms with Crippen LogP contribution in [0.1, 0.15) is 18.4 Å². The fourth-order valence-corrected chi connectivity index (χ4v) is 3.81. The summed E-state index contributed by atoms with van der Waals surface area (Å²) < 4.78 is 0. The highest BCUT2D eigenvalue weighted by molar-refractivity contribution is 5.84. The van der Waals surface area contributed by atoms with Gasteiger partial charge in [-0.1, -0.05) is 24.3 Å². The molecule has 2 aliphatic rings. The van der Waals surface area contributed by atoms with E-state index in [1.165, 1.54) is 48.8 Å². The van der Waals surface area contributed by atoms with Crippen molar-refractivity contribution < 1.29 is 0 Å². The average Bonchev–Trinajstić information content (AvgIpc) is 2.90. The number of nitrogens with one attached hydrogen (secondary N) is 1. The largest absolute Gasteiger partial charge is 0.312 e. The molecular weight excluding hydrogens is 246 g/mol. The van der Waals surface area contributed by atoms with Crippen LogP contribution in [0.25, 0.3) is 10.8 Å². The molecule has 4 rings (SSSR count). The van der Waals surface area contributed by atoms with Crippen LogP contribution in [0.2, 0.25) is 0 Å². The van der Waals surface area contributed by atoms with Gasteiger partial charge < -0.3 is 5.32 Å². The second-order valence-electron chi connectivity index (χ2n) is 6.18. The summed E-state index contributed by atoms with van der Waals surface area (Å²) in [4.78, 5) is 7.00. The Morgan fingerprint density at radius 3 is 3.10 bits per heavy atom. The van der Waals surface area contributed by atoms with Crippen molar-refractivity contribution in [3.8, 4) is 0 Å². The predicted octanol–water partition coefficient (Wildman–Crippen LogP) is 2.42. The maximum Gasteiger partial charge on any atom is 0.0346 e. The van der Waals surface area contributed by atoms with Gasteiger partial charge in [-0.15, -0.1) is 0 Å². The molecule has 3 heteroatoms. The Labute approximate surface area is 120 Å². The maximum absolute atomic E-state index is 4.40. The number of pyridine rings is 1. The van der Waals surface area contributed by atoms with Gasteiger partial charge >= 0.3 is 0 Å². The first kappa shape index (κ1) is 12.3. The second-order valence-corrected chi connectivity index (χ2v) is 6.18. The molecule has 0 radical (unpaired) electrons. The highest BCUT2D eigenvalue weighted by Gasteiger charge is 2.34. The molecule has 0 spiro atoms. The van der Waals surface area contributed by atoms with Crippen molar-refractivity contribution >= 4 is 10.8 Å². The van der Waals surface area contributed by atoms with E-state index in [1.54, 1.807) is 0 Å². The van der Waals surface area contributed by atoms with Gasteiger partial charge in [0.15, 0.2) is 0 Å². The zero-order chi connectivity index (χ0) is 13.4. The van der Waals surface area contributed by atoms with Gasteiger partial charge in [-0.25, -0.2) is 0 Å². The van der Waals surface area contributed by atoms with E-state index in [9.17, 15) is 0 Å². The molecule has 104 valence electrons. The van der Waals surface area contributed by atoms with Crippen LogP contribution >= 0.6 is 0 Å². The van der Waals surface area contributed by atoms with Crippen molar-refractivity contribution in [2.24, 2.45) is 5.92 Å². The van der Waals surface area contributed by atoms with E-state index < -0.39 is 0 Å². The third-order valence-corrected chi connectivity index (χ3v) is 4.82. The summed E-state index contributed by atoms with van der Waals surface area (Å²) in [6.07, 6.45) is 6.73. The van der Waals surface area contributed by atoms with Crippen molar-refractivity contribution in [3.05, 3.63) is 42.2 Å². The van der Waals surface area contributed by atoms with Gasteiger partial charge in [-0.05, 0) is 36.3 Å². The molecular formula is C17H21N3. The van der Waals surface area contributed by atoms with Crippen LogP contribution in [0, 0.1) is 5.92 Å². The fourth-order valence-electron chi connectivity index (χ4n) is 3.81. The van der Waals surface area contributed by atoms with Crippen LogP contribution in [0.5, 0.6) is 0 Å². The minimum absolute atomic E-state index is 0.715. The van der Waals surface area contributed by atoms with E-state index in [4.69, 9.17) is 0 Å². The van der Waals surface area contributed by atoms with Crippen molar-refractivity contribution in [1.29, 1.82) is 0 Å². The monoisotopic (exact) mass is 267 g/mol. The van der Waals surface area contributed by atoms with E-state index in [1.807, 2.05) is 12.4 Å². The summed E-state index contributed by atoms with van der Waals surface area (Å²) in [7, 11) is 0. The van der Waals surface area contributed by atoms with Gasteiger partial charge in [0.05, 0.1) is 0 Å². The van der Waals surface area contributed by atoms with Gasteiger partial charge in [0.2, 0.25) is 0 Å². The number of fused-ring (bicyclic) bond motifs is 2. The predicted molar refractivity (Wildman–Crippen MR) is 81.5 cm³/mol. The molecule has 0 aliphatic carbocycles. The number of benzene rings is 1. The van der Waals surface area contributed by atoms with E-state index in [2.05, 4.69) is 39.5 Å². The third-order valence-electron chi connectivity index (χ3n) is 4.82. The number of hydrogen-bond acceptors (Lipinski definition) is 3. The van der Waals surface area contributed by atoms with Gasteiger partial charge in [0.1, 0.15) is 0 Å². The van der Waals surface area contributed by atoms with Crippen LogP contribution in [-0.2, 0) is 6.54 Å². The number of likely N-dealkylation sites (tertiary alicyclic amines) is 1. The van der Waals surface area contributed by atoms with E-state index in [-0.39, 0.29) is 0 Å². The SMILES string of the molecule is c1ccc2c(CN3C[C@@H]4CCCN[C@@H]4C3)cncc2c1. The first-order valence-corrected chi connectivity index (χ1v) is 7.67. The molecule has 2 aliphatic heterocycles. The lowest BCUT2D eigenvalue weighted by Crippen LogP contribution is -2.40. The van der Waals surface area contributed by atoms with E-state index in [0.717, 1.165) is 12.5 Å². The Balaban J connectivity index is 1.56. The molecule has 2 saturated heterocycles. The first-order valence-electron chi connectivity index (χ1n) is 7.67. The van der Waals surface area contributed by atoms with E-state index >= 15 is 0 Å². The van der Waals surface area contributed by atoms with Crippen molar-refractivity contribution in [1.82, 2.24) is 15.2 Å². The Kier molecular flexibility index (Phi) is 3.17. The van der Waals surface area contributed by atoms with Gasteiger partial charge in [-0.2, -0.15) is 0 Å². The zero-order valence-corrected chi connectivity index (χ0v) is 11.8. The quantitative estimate of drug-likeness (QED) is 0.905. The molecule has 3 heterocycles. The number of aromatic nitrogens is 1. The normalized spacial score (nSPS) is 26.8. The topological polar surface area (TPSA) is 28.2 Å². The third kappa shape index (κ3) is 2.21. The summed E-state index contributed by atoms with van der Waals surface area (Å²) in [5, 5.41) is 6.28. The molecule has 20 heavy (non-hydrogen) atoms. The molecule has 1 aromatic heterocycles.